The van der Waals surface area contributed by atoms with E-state index in [0.29, 0.717) is 6.42 Å². The Morgan fingerprint density at radius 1 is 1.29 bits per heavy atom. The molecule has 0 heterocycles. The predicted octanol–water partition coefficient (Wildman–Crippen LogP) is 2.63. The average Bonchev–Trinajstić information content (AvgIpc) is 2.43. The standard InChI is InChI=1S/C17H23NO3/c1-2-17(9-6-10-17)16(21)18-12-14(15(19)20)11-13-7-4-3-5-8-13/h3-5,7-8,14H,2,6,9-12H2,1H3,(H,18,21)(H,19,20). The van der Waals surface area contributed by atoms with Crippen LogP contribution in [0.4, 0.5) is 0 Å². The molecule has 0 aliphatic heterocycles. The maximum atomic E-state index is 12.3. The summed E-state index contributed by atoms with van der Waals surface area (Å²) in [6.45, 7) is 2.22. The maximum absolute atomic E-state index is 12.3. The lowest BCUT2D eigenvalue weighted by Crippen LogP contribution is -2.47. The first-order valence-electron chi connectivity index (χ1n) is 7.62. The zero-order valence-electron chi connectivity index (χ0n) is 12.5. The van der Waals surface area contributed by atoms with Crippen molar-refractivity contribution in [3.8, 4) is 0 Å². The molecule has 1 atom stereocenters. The smallest absolute Gasteiger partial charge is 0.308 e. The van der Waals surface area contributed by atoms with Crippen LogP contribution in [0.3, 0.4) is 0 Å². The highest BCUT2D eigenvalue weighted by Crippen LogP contribution is 2.43. The third-order valence-corrected chi connectivity index (χ3v) is 4.65. The van der Waals surface area contributed by atoms with Gasteiger partial charge >= 0.3 is 5.97 Å². The number of benzene rings is 1. The summed E-state index contributed by atoms with van der Waals surface area (Å²) in [5.41, 5.74) is 0.739. The Morgan fingerprint density at radius 3 is 2.43 bits per heavy atom. The zero-order chi connectivity index (χ0) is 15.3. The van der Waals surface area contributed by atoms with Crippen LogP contribution in [-0.2, 0) is 16.0 Å². The highest BCUT2D eigenvalue weighted by Gasteiger charge is 2.42. The van der Waals surface area contributed by atoms with Gasteiger partial charge in [-0.05, 0) is 31.2 Å². The number of carbonyl (C=O) groups is 2. The summed E-state index contributed by atoms with van der Waals surface area (Å²) in [5, 5.41) is 12.2. The van der Waals surface area contributed by atoms with Crippen molar-refractivity contribution in [1.82, 2.24) is 5.32 Å². The van der Waals surface area contributed by atoms with Gasteiger partial charge in [0.05, 0.1) is 5.92 Å². The Hall–Kier alpha value is -1.84. The maximum Gasteiger partial charge on any atom is 0.308 e. The normalized spacial score (nSPS) is 17.6. The van der Waals surface area contributed by atoms with Crippen molar-refractivity contribution in [2.45, 2.75) is 39.0 Å². The van der Waals surface area contributed by atoms with Crippen molar-refractivity contribution in [2.24, 2.45) is 11.3 Å². The number of carbonyl (C=O) groups excluding carboxylic acids is 1. The van der Waals surface area contributed by atoms with E-state index >= 15 is 0 Å². The third kappa shape index (κ3) is 3.63. The van der Waals surface area contributed by atoms with Gasteiger partial charge in [0.2, 0.25) is 5.91 Å². The summed E-state index contributed by atoms with van der Waals surface area (Å²) in [6, 6.07) is 9.53. The van der Waals surface area contributed by atoms with Crippen LogP contribution in [0.15, 0.2) is 30.3 Å². The Balaban J connectivity index is 1.91. The molecule has 1 unspecified atom stereocenters. The highest BCUT2D eigenvalue weighted by molar-refractivity contribution is 5.84. The fraction of sp³-hybridized carbons (Fsp3) is 0.529. The number of rotatable bonds is 7. The number of aliphatic carboxylic acids is 1. The molecule has 0 saturated heterocycles. The molecule has 0 radical (unpaired) electrons. The lowest BCUT2D eigenvalue weighted by Gasteiger charge is -2.39. The number of nitrogens with one attached hydrogen (secondary N) is 1. The van der Waals surface area contributed by atoms with Gasteiger partial charge in [-0.1, -0.05) is 43.7 Å². The minimum atomic E-state index is -0.863. The van der Waals surface area contributed by atoms with Crippen LogP contribution in [0, 0.1) is 11.3 Å². The molecule has 1 aliphatic carbocycles. The van der Waals surface area contributed by atoms with Gasteiger partial charge in [0.15, 0.2) is 0 Å². The molecule has 21 heavy (non-hydrogen) atoms. The fourth-order valence-electron chi connectivity index (χ4n) is 2.89. The van der Waals surface area contributed by atoms with Gasteiger partial charge in [-0.2, -0.15) is 0 Å². The van der Waals surface area contributed by atoms with Crippen LogP contribution < -0.4 is 5.32 Å². The molecule has 0 spiro atoms. The monoisotopic (exact) mass is 289 g/mol. The fourth-order valence-corrected chi connectivity index (χ4v) is 2.89. The van der Waals surface area contributed by atoms with Gasteiger partial charge in [-0.3, -0.25) is 9.59 Å². The molecule has 1 fully saturated rings. The molecule has 0 bridgehead atoms. The summed E-state index contributed by atoms with van der Waals surface area (Å²) in [7, 11) is 0. The average molecular weight is 289 g/mol. The topological polar surface area (TPSA) is 66.4 Å². The van der Waals surface area contributed by atoms with Gasteiger partial charge < -0.3 is 10.4 Å². The largest absolute Gasteiger partial charge is 0.481 e. The summed E-state index contributed by atoms with van der Waals surface area (Å²) in [6.07, 6.45) is 4.20. The first-order valence-corrected chi connectivity index (χ1v) is 7.62. The quantitative estimate of drug-likeness (QED) is 0.811. The molecule has 2 rings (SSSR count). The predicted molar refractivity (Wildman–Crippen MR) is 80.9 cm³/mol. The van der Waals surface area contributed by atoms with Gasteiger partial charge in [0.1, 0.15) is 0 Å². The minimum Gasteiger partial charge on any atom is -0.481 e. The number of hydrogen-bond donors (Lipinski definition) is 2. The van der Waals surface area contributed by atoms with E-state index in [1.54, 1.807) is 0 Å². The van der Waals surface area contributed by atoms with E-state index in [1.165, 1.54) is 0 Å². The number of amides is 1. The van der Waals surface area contributed by atoms with Crippen molar-refractivity contribution in [3.05, 3.63) is 35.9 Å². The summed E-state index contributed by atoms with van der Waals surface area (Å²) >= 11 is 0. The second kappa shape index (κ2) is 6.74. The molecular formula is C17H23NO3. The SMILES string of the molecule is CCC1(C(=O)NCC(Cc2ccccc2)C(=O)O)CCC1. The van der Waals surface area contributed by atoms with Crippen LogP contribution in [0.2, 0.25) is 0 Å². The first-order chi connectivity index (χ1) is 10.1. The molecular weight excluding hydrogens is 266 g/mol. The summed E-state index contributed by atoms with van der Waals surface area (Å²) < 4.78 is 0. The summed E-state index contributed by atoms with van der Waals surface area (Å²) in [5.74, 6) is -1.42. The molecule has 4 heteroatoms. The molecule has 1 amide bonds. The van der Waals surface area contributed by atoms with E-state index < -0.39 is 11.9 Å². The van der Waals surface area contributed by atoms with Crippen LogP contribution in [0.1, 0.15) is 38.2 Å². The first kappa shape index (κ1) is 15.5. The van der Waals surface area contributed by atoms with Crippen LogP contribution in [0.5, 0.6) is 0 Å². The van der Waals surface area contributed by atoms with E-state index in [1.807, 2.05) is 37.3 Å². The van der Waals surface area contributed by atoms with E-state index in [-0.39, 0.29) is 17.9 Å². The van der Waals surface area contributed by atoms with Gasteiger partial charge in [-0.15, -0.1) is 0 Å². The van der Waals surface area contributed by atoms with Crippen LogP contribution >= 0.6 is 0 Å². The molecule has 114 valence electrons. The minimum absolute atomic E-state index is 0.0237. The molecule has 1 aromatic carbocycles. The van der Waals surface area contributed by atoms with Crippen molar-refractivity contribution in [1.29, 1.82) is 0 Å². The number of carboxylic acids is 1. The summed E-state index contributed by atoms with van der Waals surface area (Å²) in [4.78, 5) is 23.6. The van der Waals surface area contributed by atoms with E-state index in [2.05, 4.69) is 5.32 Å². The van der Waals surface area contributed by atoms with Crippen LogP contribution in [-0.4, -0.2) is 23.5 Å². The molecule has 2 N–H and O–H groups in total. The van der Waals surface area contributed by atoms with Crippen molar-refractivity contribution < 1.29 is 14.7 Å². The zero-order valence-corrected chi connectivity index (χ0v) is 12.5. The molecule has 1 saturated carbocycles. The molecule has 4 nitrogen and oxygen atoms in total. The Bertz CT molecular complexity index is 489. The second-order valence-electron chi connectivity index (χ2n) is 5.92. The third-order valence-electron chi connectivity index (χ3n) is 4.65. The lowest BCUT2D eigenvalue weighted by molar-refractivity contribution is -0.142. The number of hydrogen-bond acceptors (Lipinski definition) is 2. The molecule has 0 aromatic heterocycles. The van der Waals surface area contributed by atoms with Gasteiger partial charge in [-0.25, -0.2) is 0 Å². The molecule has 1 aliphatic rings. The Kier molecular flexibility index (Phi) is 4.99. The second-order valence-corrected chi connectivity index (χ2v) is 5.92. The van der Waals surface area contributed by atoms with Gasteiger partial charge in [0.25, 0.3) is 0 Å². The van der Waals surface area contributed by atoms with Crippen molar-refractivity contribution >= 4 is 11.9 Å². The molecule has 1 aromatic rings. The Morgan fingerprint density at radius 2 is 1.95 bits per heavy atom. The Labute approximate surface area is 125 Å². The van der Waals surface area contributed by atoms with E-state index in [4.69, 9.17) is 0 Å². The van der Waals surface area contributed by atoms with Crippen molar-refractivity contribution in [3.63, 3.8) is 0 Å². The number of carboxylic acid groups (broad SMARTS) is 1. The van der Waals surface area contributed by atoms with Gasteiger partial charge in [0, 0.05) is 12.0 Å². The lowest BCUT2D eigenvalue weighted by atomic mass is 9.66. The van der Waals surface area contributed by atoms with Crippen LogP contribution in [0.25, 0.3) is 0 Å². The highest BCUT2D eigenvalue weighted by atomic mass is 16.4. The van der Waals surface area contributed by atoms with Crippen molar-refractivity contribution in [2.75, 3.05) is 6.54 Å². The van der Waals surface area contributed by atoms with E-state index in [9.17, 15) is 14.7 Å². The van der Waals surface area contributed by atoms with E-state index in [0.717, 1.165) is 31.2 Å².